The first kappa shape index (κ1) is 15.6. The predicted octanol–water partition coefficient (Wildman–Crippen LogP) is 2.51. The summed E-state index contributed by atoms with van der Waals surface area (Å²) in [5.41, 5.74) is 0.369. The van der Waals surface area contributed by atoms with Gasteiger partial charge in [-0.25, -0.2) is 0 Å². The zero-order chi connectivity index (χ0) is 15.5. The van der Waals surface area contributed by atoms with Crippen molar-refractivity contribution in [2.24, 2.45) is 0 Å². The van der Waals surface area contributed by atoms with Gasteiger partial charge < -0.3 is 10.1 Å². The molecule has 1 amide bonds. The molecule has 1 heterocycles. The third-order valence-corrected chi connectivity index (χ3v) is 3.35. The van der Waals surface area contributed by atoms with Crippen LogP contribution in [0.3, 0.4) is 0 Å². The van der Waals surface area contributed by atoms with Crippen LogP contribution in [0.25, 0.3) is 0 Å². The molecule has 0 aliphatic carbocycles. The van der Waals surface area contributed by atoms with Crippen LogP contribution in [0.5, 0.6) is 5.75 Å². The van der Waals surface area contributed by atoms with E-state index in [1.54, 1.807) is 19.1 Å². The van der Waals surface area contributed by atoms with E-state index in [0.29, 0.717) is 18.5 Å². The number of nitrogens with one attached hydrogen (secondary N) is 2. The molecule has 1 aromatic rings. The van der Waals surface area contributed by atoms with Crippen molar-refractivity contribution in [1.29, 1.82) is 0 Å². The standard InChI is InChI=1S/C14H17F3N2O2/c1-9(19-11-6-4-8-18-13(11)20)10-5-2-3-7-12(10)21-14(15,16)17/h2-3,5,7,9,11,19H,4,6,8H2,1H3,(H,18,20)/t9-,11-/m0/s1. The SMILES string of the molecule is C[C@H](N[C@H]1CCCNC1=O)c1ccccc1OC(F)(F)F. The lowest BCUT2D eigenvalue weighted by atomic mass is 10.0. The van der Waals surface area contributed by atoms with E-state index >= 15 is 0 Å². The zero-order valence-electron chi connectivity index (χ0n) is 11.5. The molecule has 2 atom stereocenters. The van der Waals surface area contributed by atoms with E-state index in [4.69, 9.17) is 0 Å². The van der Waals surface area contributed by atoms with Crippen LogP contribution >= 0.6 is 0 Å². The van der Waals surface area contributed by atoms with Gasteiger partial charge in [-0.3, -0.25) is 10.1 Å². The predicted molar refractivity (Wildman–Crippen MR) is 70.7 cm³/mol. The second kappa shape index (κ2) is 6.34. The number of amides is 1. The van der Waals surface area contributed by atoms with Crippen molar-refractivity contribution in [2.45, 2.75) is 38.2 Å². The number of para-hydroxylation sites is 1. The lowest BCUT2D eigenvalue weighted by Gasteiger charge is -2.27. The summed E-state index contributed by atoms with van der Waals surface area (Å²) < 4.78 is 41.2. The molecule has 0 spiro atoms. The third-order valence-electron chi connectivity index (χ3n) is 3.35. The second-order valence-electron chi connectivity index (χ2n) is 4.96. The van der Waals surface area contributed by atoms with Gasteiger partial charge in [0.1, 0.15) is 5.75 Å². The molecule has 0 radical (unpaired) electrons. The number of rotatable bonds is 4. The van der Waals surface area contributed by atoms with Crippen LogP contribution in [0.4, 0.5) is 13.2 Å². The lowest BCUT2D eigenvalue weighted by Crippen LogP contribution is -2.48. The summed E-state index contributed by atoms with van der Waals surface area (Å²) in [6.45, 7) is 2.35. The Labute approximate surface area is 120 Å². The molecule has 7 heteroatoms. The average Bonchev–Trinajstić information content (AvgIpc) is 2.40. The fraction of sp³-hybridized carbons (Fsp3) is 0.500. The number of hydrogen-bond donors (Lipinski definition) is 2. The Morgan fingerprint density at radius 1 is 1.38 bits per heavy atom. The minimum absolute atomic E-state index is 0.123. The minimum Gasteiger partial charge on any atom is -0.405 e. The van der Waals surface area contributed by atoms with Gasteiger partial charge in [0.25, 0.3) is 0 Å². The van der Waals surface area contributed by atoms with Crippen molar-refractivity contribution in [3.05, 3.63) is 29.8 Å². The highest BCUT2D eigenvalue weighted by Crippen LogP contribution is 2.30. The molecule has 4 nitrogen and oxygen atoms in total. The number of carbonyl (C=O) groups excluding carboxylic acids is 1. The Bertz CT molecular complexity index is 505. The van der Waals surface area contributed by atoms with E-state index in [1.165, 1.54) is 12.1 Å². The highest BCUT2D eigenvalue weighted by molar-refractivity contribution is 5.82. The molecule has 1 aliphatic heterocycles. The molecular formula is C14H17F3N2O2. The van der Waals surface area contributed by atoms with E-state index in [9.17, 15) is 18.0 Å². The number of carbonyl (C=O) groups is 1. The number of ether oxygens (including phenoxy) is 1. The fourth-order valence-electron chi connectivity index (χ4n) is 2.38. The Hall–Kier alpha value is -1.76. The maximum absolute atomic E-state index is 12.4. The van der Waals surface area contributed by atoms with E-state index in [-0.39, 0.29) is 11.7 Å². The van der Waals surface area contributed by atoms with Crippen LogP contribution in [0, 0.1) is 0 Å². The molecule has 1 aromatic carbocycles. The normalized spacial score (nSPS) is 20.8. The quantitative estimate of drug-likeness (QED) is 0.898. The zero-order valence-corrected chi connectivity index (χ0v) is 11.5. The Balaban J connectivity index is 2.11. The number of halogens is 3. The first-order valence-electron chi connectivity index (χ1n) is 6.75. The molecular weight excluding hydrogens is 285 g/mol. The van der Waals surface area contributed by atoms with Crippen LogP contribution in [0.15, 0.2) is 24.3 Å². The third kappa shape index (κ3) is 4.35. The van der Waals surface area contributed by atoms with Gasteiger partial charge in [0.15, 0.2) is 0 Å². The average molecular weight is 302 g/mol. The second-order valence-corrected chi connectivity index (χ2v) is 4.96. The van der Waals surface area contributed by atoms with Crippen molar-refractivity contribution in [1.82, 2.24) is 10.6 Å². The smallest absolute Gasteiger partial charge is 0.405 e. The minimum atomic E-state index is -4.74. The summed E-state index contributed by atoms with van der Waals surface area (Å²) in [6.07, 6.45) is -3.23. The molecule has 21 heavy (non-hydrogen) atoms. The van der Waals surface area contributed by atoms with Crippen LogP contribution in [-0.4, -0.2) is 24.9 Å². The van der Waals surface area contributed by atoms with Gasteiger partial charge in [0.2, 0.25) is 5.91 Å². The van der Waals surface area contributed by atoms with Gasteiger partial charge >= 0.3 is 6.36 Å². The van der Waals surface area contributed by atoms with Gasteiger partial charge in [-0.05, 0) is 25.8 Å². The number of alkyl halides is 3. The summed E-state index contributed by atoms with van der Waals surface area (Å²) in [6, 6.07) is 5.11. The van der Waals surface area contributed by atoms with Gasteiger partial charge in [-0.1, -0.05) is 18.2 Å². The van der Waals surface area contributed by atoms with Crippen LogP contribution < -0.4 is 15.4 Å². The molecule has 0 saturated carbocycles. The van der Waals surface area contributed by atoms with Crippen molar-refractivity contribution in [3.8, 4) is 5.75 Å². The fourth-order valence-corrected chi connectivity index (χ4v) is 2.38. The topological polar surface area (TPSA) is 50.4 Å². The van der Waals surface area contributed by atoms with Gasteiger partial charge in [-0.15, -0.1) is 13.2 Å². The maximum atomic E-state index is 12.4. The molecule has 1 saturated heterocycles. The van der Waals surface area contributed by atoms with E-state index in [2.05, 4.69) is 15.4 Å². The van der Waals surface area contributed by atoms with Crippen molar-refractivity contribution < 1.29 is 22.7 Å². The molecule has 0 bridgehead atoms. The summed E-state index contributed by atoms with van der Waals surface area (Å²) in [5.74, 6) is -0.372. The number of benzene rings is 1. The van der Waals surface area contributed by atoms with Crippen LogP contribution in [-0.2, 0) is 4.79 Å². The largest absolute Gasteiger partial charge is 0.573 e. The highest BCUT2D eigenvalue weighted by Gasteiger charge is 2.33. The Morgan fingerprint density at radius 2 is 2.10 bits per heavy atom. The summed E-state index contributed by atoms with van der Waals surface area (Å²) in [4.78, 5) is 11.7. The number of piperidine rings is 1. The first-order valence-corrected chi connectivity index (χ1v) is 6.75. The Kier molecular flexibility index (Phi) is 4.72. The molecule has 2 N–H and O–H groups in total. The van der Waals surface area contributed by atoms with Gasteiger partial charge in [0.05, 0.1) is 6.04 Å². The van der Waals surface area contributed by atoms with Gasteiger partial charge in [-0.2, -0.15) is 0 Å². The first-order chi connectivity index (χ1) is 9.87. The summed E-state index contributed by atoms with van der Waals surface area (Å²) in [5, 5.41) is 5.78. The highest BCUT2D eigenvalue weighted by atomic mass is 19.4. The Morgan fingerprint density at radius 3 is 2.76 bits per heavy atom. The maximum Gasteiger partial charge on any atom is 0.573 e. The molecule has 1 fully saturated rings. The van der Waals surface area contributed by atoms with E-state index in [0.717, 1.165) is 6.42 Å². The van der Waals surface area contributed by atoms with E-state index in [1.807, 2.05) is 0 Å². The lowest BCUT2D eigenvalue weighted by molar-refractivity contribution is -0.275. The molecule has 116 valence electrons. The van der Waals surface area contributed by atoms with Gasteiger partial charge in [0, 0.05) is 18.2 Å². The monoisotopic (exact) mass is 302 g/mol. The molecule has 0 unspecified atom stereocenters. The summed E-state index contributed by atoms with van der Waals surface area (Å²) >= 11 is 0. The summed E-state index contributed by atoms with van der Waals surface area (Å²) in [7, 11) is 0. The molecule has 1 aliphatic rings. The molecule has 0 aromatic heterocycles. The van der Waals surface area contributed by atoms with Crippen molar-refractivity contribution >= 4 is 5.91 Å². The van der Waals surface area contributed by atoms with Crippen LogP contribution in [0.1, 0.15) is 31.4 Å². The van der Waals surface area contributed by atoms with E-state index < -0.39 is 18.4 Å². The van der Waals surface area contributed by atoms with Crippen molar-refractivity contribution in [3.63, 3.8) is 0 Å². The molecule has 2 rings (SSSR count). The van der Waals surface area contributed by atoms with Crippen LogP contribution in [0.2, 0.25) is 0 Å². The number of hydrogen-bond acceptors (Lipinski definition) is 3. The van der Waals surface area contributed by atoms with Crippen molar-refractivity contribution in [2.75, 3.05) is 6.54 Å².